The molecule has 2 aliphatic heterocycles. The zero-order chi connectivity index (χ0) is 14.8. The van der Waals surface area contributed by atoms with Crippen molar-refractivity contribution >= 4 is 5.97 Å². The molecule has 3 aliphatic rings. The number of carbonyl (C=O) groups is 1. The monoisotopic (exact) mass is 294 g/mol. The Morgan fingerprint density at radius 2 is 1.81 bits per heavy atom. The minimum atomic E-state index is -0.245. The highest BCUT2D eigenvalue weighted by molar-refractivity contribution is 5.81. The predicted molar refractivity (Wildman–Crippen MR) is 78.9 cm³/mol. The van der Waals surface area contributed by atoms with Crippen molar-refractivity contribution in [1.29, 1.82) is 0 Å². The lowest BCUT2D eigenvalue weighted by molar-refractivity contribution is -0.138. The zero-order valence-corrected chi connectivity index (χ0v) is 12.9. The van der Waals surface area contributed by atoms with Crippen molar-refractivity contribution in [2.75, 3.05) is 19.8 Å². The van der Waals surface area contributed by atoms with E-state index >= 15 is 0 Å². The highest BCUT2D eigenvalue weighted by Crippen LogP contribution is 2.51. The highest BCUT2D eigenvalue weighted by atomic mass is 16.5. The molecule has 3 atom stereocenters. The van der Waals surface area contributed by atoms with Crippen LogP contribution in [-0.4, -0.2) is 37.0 Å². The predicted octanol–water partition coefficient (Wildman–Crippen LogP) is 3.00. The van der Waals surface area contributed by atoms with Crippen LogP contribution in [0.25, 0.3) is 0 Å². The molecule has 118 valence electrons. The van der Waals surface area contributed by atoms with Gasteiger partial charge < -0.3 is 14.2 Å². The molecule has 1 aliphatic carbocycles. The van der Waals surface area contributed by atoms with Crippen molar-refractivity contribution in [3.63, 3.8) is 0 Å². The van der Waals surface area contributed by atoms with Gasteiger partial charge in [0.05, 0.1) is 17.8 Å². The van der Waals surface area contributed by atoms with Crippen LogP contribution in [0.3, 0.4) is 0 Å². The number of rotatable bonds is 3. The molecular weight excluding hydrogens is 268 g/mol. The highest BCUT2D eigenvalue weighted by Gasteiger charge is 2.51. The van der Waals surface area contributed by atoms with E-state index in [1.54, 1.807) is 6.08 Å². The first-order chi connectivity index (χ1) is 10.2. The van der Waals surface area contributed by atoms with Gasteiger partial charge in [0, 0.05) is 25.7 Å². The van der Waals surface area contributed by atoms with Gasteiger partial charge in [-0.15, -0.1) is 0 Å². The summed E-state index contributed by atoms with van der Waals surface area (Å²) in [4.78, 5) is 11.5. The van der Waals surface area contributed by atoms with Crippen LogP contribution in [0.4, 0.5) is 0 Å². The quantitative estimate of drug-likeness (QED) is 0.593. The Morgan fingerprint density at radius 3 is 2.29 bits per heavy atom. The summed E-state index contributed by atoms with van der Waals surface area (Å²) in [6, 6.07) is 0. The number of ether oxygens (including phenoxy) is 3. The summed E-state index contributed by atoms with van der Waals surface area (Å²) in [6.45, 7) is 3.98. The van der Waals surface area contributed by atoms with Crippen molar-refractivity contribution in [3.05, 3.63) is 12.2 Å². The summed E-state index contributed by atoms with van der Waals surface area (Å²) in [5, 5.41) is 0. The number of carbonyl (C=O) groups excluding carboxylic acids is 1. The largest absolute Gasteiger partial charge is 0.463 e. The maximum absolute atomic E-state index is 11.5. The van der Waals surface area contributed by atoms with Crippen LogP contribution in [0.1, 0.15) is 51.9 Å². The fourth-order valence-electron chi connectivity index (χ4n) is 4.41. The summed E-state index contributed by atoms with van der Waals surface area (Å²) in [5.41, 5.74) is -0.0431. The molecule has 2 spiro atoms. The third kappa shape index (κ3) is 3.32. The smallest absolute Gasteiger partial charge is 0.330 e. The lowest BCUT2D eigenvalue weighted by atomic mass is 9.68. The minimum absolute atomic E-state index is 0.0216. The molecule has 4 heteroatoms. The fraction of sp³-hybridized carbons (Fsp3) is 0.824. The van der Waals surface area contributed by atoms with E-state index in [-0.39, 0.29) is 17.2 Å². The molecular formula is C17H26O4. The molecule has 0 radical (unpaired) electrons. The van der Waals surface area contributed by atoms with E-state index in [9.17, 15) is 4.79 Å². The standard InChI is InChI=1S/C17H26O4/c1-2-19-15(18)6-5-14-11-16(7-3-9-20-16)13-17(12-14)8-4-10-21-17/h5-6,14H,2-4,7-13H2,1H3/b6-5+/t14?,16-,17+. The lowest BCUT2D eigenvalue weighted by Gasteiger charge is -2.46. The third-order valence-electron chi connectivity index (χ3n) is 5.07. The van der Waals surface area contributed by atoms with Crippen LogP contribution in [0.15, 0.2) is 12.2 Å². The van der Waals surface area contributed by atoms with Gasteiger partial charge in [-0.3, -0.25) is 0 Å². The first-order valence-electron chi connectivity index (χ1n) is 8.28. The van der Waals surface area contributed by atoms with Gasteiger partial charge in [0.15, 0.2) is 0 Å². The number of hydrogen-bond acceptors (Lipinski definition) is 4. The van der Waals surface area contributed by atoms with Gasteiger partial charge in [-0.1, -0.05) is 6.08 Å². The molecule has 0 aromatic rings. The zero-order valence-electron chi connectivity index (χ0n) is 12.9. The summed E-state index contributed by atoms with van der Waals surface area (Å²) in [7, 11) is 0. The number of hydrogen-bond donors (Lipinski definition) is 0. The maximum Gasteiger partial charge on any atom is 0.330 e. The van der Waals surface area contributed by atoms with Crippen LogP contribution >= 0.6 is 0 Å². The minimum Gasteiger partial charge on any atom is -0.463 e. The second-order valence-electron chi connectivity index (χ2n) is 6.73. The molecule has 3 rings (SSSR count). The summed E-state index contributed by atoms with van der Waals surface area (Å²) >= 11 is 0. The Balaban J connectivity index is 1.72. The SMILES string of the molecule is CCOC(=O)/C=C/C1C[C@@]2(CCCO2)C[C@@]2(CCCO2)C1. The van der Waals surface area contributed by atoms with Crippen molar-refractivity contribution in [1.82, 2.24) is 0 Å². The van der Waals surface area contributed by atoms with Gasteiger partial charge >= 0.3 is 5.97 Å². The van der Waals surface area contributed by atoms with Crippen LogP contribution in [0, 0.1) is 5.92 Å². The molecule has 0 amide bonds. The molecule has 1 unspecified atom stereocenters. The van der Waals surface area contributed by atoms with Crippen molar-refractivity contribution in [2.24, 2.45) is 5.92 Å². The van der Waals surface area contributed by atoms with E-state index in [1.807, 2.05) is 13.0 Å². The average Bonchev–Trinajstić information content (AvgIpc) is 3.07. The molecule has 0 aromatic heterocycles. The molecule has 3 fully saturated rings. The van der Waals surface area contributed by atoms with Crippen molar-refractivity contribution in [2.45, 2.75) is 63.1 Å². The van der Waals surface area contributed by atoms with E-state index in [0.717, 1.165) is 58.2 Å². The van der Waals surface area contributed by atoms with Gasteiger partial charge in [-0.2, -0.15) is 0 Å². The van der Waals surface area contributed by atoms with Crippen LogP contribution in [0.2, 0.25) is 0 Å². The molecule has 0 N–H and O–H groups in total. The van der Waals surface area contributed by atoms with Crippen molar-refractivity contribution in [3.8, 4) is 0 Å². The van der Waals surface area contributed by atoms with E-state index in [1.165, 1.54) is 0 Å². The fourth-order valence-corrected chi connectivity index (χ4v) is 4.41. The van der Waals surface area contributed by atoms with E-state index in [4.69, 9.17) is 14.2 Å². The third-order valence-corrected chi connectivity index (χ3v) is 5.07. The van der Waals surface area contributed by atoms with Gasteiger partial charge in [0.25, 0.3) is 0 Å². The first kappa shape index (κ1) is 15.0. The van der Waals surface area contributed by atoms with Crippen molar-refractivity contribution < 1.29 is 19.0 Å². The van der Waals surface area contributed by atoms with Crippen LogP contribution in [0.5, 0.6) is 0 Å². The Hall–Kier alpha value is -0.870. The molecule has 1 saturated carbocycles. The summed E-state index contributed by atoms with van der Waals surface area (Å²) in [5.74, 6) is 0.102. The van der Waals surface area contributed by atoms with E-state index in [2.05, 4.69) is 0 Å². The number of allylic oxidation sites excluding steroid dienone is 1. The van der Waals surface area contributed by atoms with Crippen LogP contribution in [-0.2, 0) is 19.0 Å². The first-order valence-corrected chi connectivity index (χ1v) is 8.28. The maximum atomic E-state index is 11.5. The molecule has 0 aromatic carbocycles. The molecule has 4 nitrogen and oxygen atoms in total. The lowest BCUT2D eigenvalue weighted by Crippen LogP contribution is -2.48. The topological polar surface area (TPSA) is 44.8 Å². The van der Waals surface area contributed by atoms with Gasteiger partial charge in [-0.05, 0) is 51.4 Å². The second-order valence-corrected chi connectivity index (χ2v) is 6.73. The van der Waals surface area contributed by atoms with Gasteiger partial charge in [0.2, 0.25) is 0 Å². The average molecular weight is 294 g/mol. The summed E-state index contributed by atoms with van der Waals surface area (Å²) in [6.07, 6.45) is 11.2. The van der Waals surface area contributed by atoms with Gasteiger partial charge in [0.1, 0.15) is 0 Å². The number of esters is 1. The van der Waals surface area contributed by atoms with Gasteiger partial charge in [-0.25, -0.2) is 4.79 Å². The Labute approximate surface area is 126 Å². The Morgan fingerprint density at radius 1 is 1.19 bits per heavy atom. The summed E-state index contributed by atoms with van der Waals surface area (Å²) < 4.78 is 17.2. The molecule has 2 heterocycles. The second kappa shape index (κ2) is 6.09. The van der Waals surface area contributed by atoms with Crippen LogP contribution < -0.4 is 0 Å². The molecule has 2 saturated heterocycles. The normalized spacial score (nSPS) is 39.6. The molecule has 0 bridgehead atoms. The Bertz CT molecular complexity index is 379. The van der Waals surface area contributed by atoms with E-state index < -0.39 is 0 Å². The Kier molecular flexibility index (Phi) is 4.36. The van der Waals surface area contributed by atoms with E-state index in [0.29, 0.717) is 12.5 Å². The molecule has 21 heavy (non-hydrogen) atoms.